The number of primary amides is 1. The van der Waals surface area contributed by atoms with Crippen LogP contribution in [-0.4, -0.2) is 288 Å². The maximum Gasteiger partial charge on any atom is 0.410 e. The van der Waals surface area contributed by atoms with Crippen molar-refractivity contribution in [3.8, 4) is 5.75 Å². The molecule has 10 N–H and O–H groups in total. The standard InChI is InChI=1S/C84H113N17O22/c1-6-65-81(113)96(4)67-48-87-83(95-75(67)101(65)58-11-7-8-12-58)92-63-21-18-55(47-68(63)116-5)76(108)88-57-26-31-97(32-27-57)34-37-118-38-35-98(50-71(105)90-62-14-9-13-60-61(62)49-100(80(60)112)66-22-23-69(103)94-78(66)110)84(115)123-51-54-16-19-56(20-17-54)89-77(109)64(15-10-30-86-82(85)114)91-79(111)74(53(2)3)93-70(104)29-36-117-39-40-119-41-42-120-43-44-121-45-46-122-52-59(102)28-33-99-72(106)24-25-73(99)107/h9,13-14,16-21,24-25,47-48,53,57-58,64-66,74H,6-8,10-12,15,22-23,26-46,49-52H2,1-5H3,(H,88,108)(H,89,109)(H,90,105)(H,91,111)(H,93,104)(H3,85,86,114)(H,87,92,95)(H,94,103,110)/t64-,65+,66?,74-/m0/s1. The highest BCUT2D eigenvalue weighted by atomic mass is 16.6. The lowest BCUT2D eigenvalue weighted by Gasteiger charge is -2.43. The Balaban J connectivity index is 0.659. The van der Waals surface area contributed by atoms with Crippen LogP contribution in [0.3, 0.4) is 0 Å². The Kier molecular flexibility index (Phi) is 35.9. The minimum absolute atomic E-state index is 0.000668. The summed E-state index contributed by atoms with van der Waals surface area (Å²) in [5.41, 5.74) is 8.69. The van der Waals surface area contributed by atoms with E-state index in [9.17, 15) is 67.1 Å². The van der Waals surface area contributed by atoms with E-state index in [1.165, 1.54) is 16.9 Å². The van der Waals surface area contributed by atoms with E-state index in [2.05, 4.69) is 57.3 Å². The SMILES string of the molecule is CC[C@@H]1C(=O)N(C)c2cnc(Nc3ccc(C(=O)NC4CCN(CCOCCN(CC(=O)Nc5cccc6c5CN(C5CCC(=O)NC5=O)C6=O)C(=O)OCc5ccc(NC(=O)[C@H](CCCNC(N)=O)NC(=O)[C@@H](NC(=O)CCOCCOCCOCCOCCOCC(=O)CCN6C(=O)C=CC6=O)C(C)C)cc5)CC4)cc3OC)nc2N1C1CCCC1. The number of urea groups is 1. The molecule has 0 radical (unpaired) electrons. The molecule has 2 saturated heterocycles. The summed E-state index contributed by atoms with van der Waals surface area (Å²) in [6.45, 7) is 8.48. The number of nitrogens with zero attached hydrogens (tertiary/aromatic N) is 8. The number of hydrogen-bond acceptors (Lipinski definition) is 27. The molecular weight excluding hydrogens is 1600 g/mol. The molecule has 14 amide bonds. The molecule has 1 aliphatic carbocycles. The molecule has 666 valence electrons. The topological polar surface area (TPSA) is 480 Å². The van der Waals surface area contributed by atoms with Crippen LogP contribution in [0.5, 0.6) is 5.75 Å². The predicted molar refractivity (Wildman–Crippen MR) is 446 cm³/mol. The van der Waals surface area contributed by atoms with Gasteiger partial charge in [0.15, 0.2) is 11.6 Å². The van der Waals surface area contributed by atoms with Crippen molar-refractivity contribution in [1.29, 1.82) is 0 Å². The molecule has 1 saturated carbocycles. The highest BCUT2D eigenvalue weighted by Gasteiger charge is 2.43. The molecule has 39 nitrogen and oxygen atoms in total. The summed E-state index contributed by atoms with van der Waals surface area (Å²) < 4.78 is 45.0. The number of imide groups is 2. The van der Waals surface area contributed by atoms with Crippen molar-refractivity contribution >= 4 is 117 Å². The predicted octanol–water partition coefficient (Wildman–Crippen LogP) is 3.35. The van der Waals surface area contributed by atoms with Gasteiger partial charge >= 0.3 is 12.1 Å². The van der Waals surface area contributed by atoms with E-state index >= 15 is 0 Å². The number of nitrogens with one attached hydrogen (secondary N) is 8. The number of aromatic nitrogens is 2. The molecule has 6 aliphatic rings. The maximum absolute atomic E-state index is 14.1. The number of nitrogens with two attached hydrogens (primary N) is 1. The Labute approximate surface area is 712 Å². The van der Waals surface area contributed by atoms with Gasteiger partial charge in [0, 0.05) is 124 Å². The first-order valence-corrected chi connectivity index (χ1v) is 41.8. The summed E-state index contributed by atoms with van der Waals surface area (Å²) in [4.78, 5) is 201. The van der Waals surface area contributed by atoms with Gasteiger partial charge in [0.25, 0.3) is 23.6 Å². The van der Waals surface area contributed by atoms with Crippen molar-refractivity contribution in [3.63, 3.8) is 0 Å². The van der Waals surface area contributed by atoms with Crippen LogP contribution in [0.1, 0.15) is 136 Å². The smallest absolute Gasteiger partial charge is 0.410 e. The van der Waals surface area contributed by atoms with Gasteiger partial charge in [-0.05, 0) is 105 Å². The van der Waals surface area contributed by atoms with Crippen LogP contribution < -0.4 is 62.8 Å². The second kappa shape index (κ2) is 47.1. The lowest BCUT2D eigenvalue weighted by atomic mass is 10.0. The van der Waals surface area contributed by atoms with Crippen LogP contribution >= 0.6 is 0 Å². The molecule has 3 fully saturated rings. The van der Waals surface area contributed by atoms with Gasteiger partial charge in [0.05, 0.1) is 91.7 Å². The minimum atomic E-state index is -1.16. The lowest BCUT2D eigenvalue weighted by molar-refractivity contribution is -0.138. The number of amides is 14. The van der Waals surface area contributed by atoms with Crippen molar-refractivity contribution in [2.45, 2.75) is 154 Å². The average molecular weight is 1710 g/mol. The number of hydrogen-bond donors (Lipinski definition) is 9. The Bertz CT molecular complexity index is 4410. The number of anilines is 6. The van der Waals surface area contributed by atoms with Crippen LogP contribution in [0.4, 0.5) is 44.1 Å². The van der Waals surface area contributed by atoms with Crippen LogP contribution in [0.25, 0.3) is 0 Å². The average Bonchev–Trinajstić information content (AvgIpc) is 1.75. The van der Waals surface area contributed by atoms with Crippen LogP contribution in [0, 0.1) is 5.92 Å². The zero-order valence-electron chi connectivity index (χ0n) is 70.2. The number of Topliss-reactive ketones (excluding diaryl/α,β-unsaturated/α-hetero) is 1. The van der Waals surface area contributed by atoms with Crippen molar-refractivity contribution in [2.24, 2.45) is 11.7 Å². The second-order valence-electron chi connectivity index (χ2n) is 30.7. The number of ketones is 1. The monoisotopic (exact) mass is 1710 g/mol. The summed E-state index contributed by atoms with van der Waals surface area (Å²) in [6, 6.07) is 12.1. The molecule has 5 aliphatic heterocycles. The Morgan fingerprint density at radius 1 is 0.724 bits per heavy atom. The van der Waals surface area contributed by atoms with Gasteiger partial charge in [0.2, 0.25) is 47.3 Å². The highest BCUT2D eigenvalue weighted by Crippen LogP contribution is 2.41. The number of carbonyl (C=O) groups is 14. The number of rotatable bonds is 49. The molecule has 0 bridgehead atoms. The number of piperidine rings is 2. The number of benzene rings is 3. The van der Waals surface area contributed by atoms with Crippen molar-refractivity contribution < 1.29 is 105 Å². The Morgan fingerprint density at radius 3 is 2.07 bits per heavy atom. The van der Waals surface area contributed by atoms with Gasteiger partial charge in [-0.3, -0.25) is 72.7 Å². The van der Waals surface area contributed by atoms with Gasteiger partial charge < -0.3 is 100 Å². The summed E-state index contributed by atoms with van der Waals surface area (Å²) in [6.07, 6.45) is 9.58. The van der Waals surface area contributed by atoms with Gasteiger partial charge in [-0.2, -0.15) is 4.98 Å². The molecule has 0 spiro atoms. The molecule has 6 heterocycles. The van der Waals surface area contributed by atoms with E-state index in [-0.39, 0.29) is 198 Å². The third kappa shape index (κ3) is 27.4. The van der Waals surface area contributed by atoms with E-state index in [0.29, 0.717) is 90.2 Å². The Morgan fingerprint density at radius 2 is 1.41 bits per heavy atom. The number of methoxy groups -OCH3 is 1. The summed E-state index contributed by atoms with van der Waals surface area (Å²) in [5, 5.41) is 22.3. The lowest BCUT2D eigenvalue weighted by Crippen LogP contribution is -2.55. The Hall–Kier alpha value is -11.6. The van der Waals surface area contributed by atoms with E-state index in [4.69, 9.17) is 48.6 Å². The second-order valence-corrected chi connectivity index (χ2v) is 30.7. The molecule has 1 unspecified atom stereocenters. The van der Waals surface area contributed by atoms with Crippen LogP contribution in [-0.2, 0) is 94.3 Å². The molecule has 1 aromatic heterocycles. The molecule has 39 heteroatoms. The fourth-order valence-electron chi connectivity index (χ4n) is 15.0. The van der Waals surface area contributed by atoms with E-state index in [0.717, 1.165) is 42.7 Å². The zero-order chi connectivity index (χ0) is 87.9. The molecule has 3 aromatic carbocycles. The van der Waals surface area contributed by atoms with Gasteiger partial charge in [-0.15, -0.1) is 0 Å². The zero-order valence-corrected chi connectivity index (χ0v) is 70.2. The minimum Gasteiger partial charge on any atom is -0.495 e. The van der Waals surface area contributed by atoms with Crippen LogP contribution in [0.2, 0.25) is 0 Å². The highest BCUT2D eigenvalue weighted by molar-refractivity contribution is 6.13. The number of likely N-dealkylation sites (tertiary alicyclic amines) is 1. The van der Waals surface area contributed by atoms with E-state index < -0.39 is 95.9 Å². The fraction of sp³-hybridized carbons (Fsp3) is 0.548. The number of fused-ring (bicyclic) bond motifs is 2. The summed E-state index contributed by atoms with van der Waals surface area (Å²) in [5.74, 6) is -4.21. The maximum atomic E-state index is 14.1. The van der Waals surface area contributed by atoms with Crippen molar-refractivity contribution in [2.75, 3.05) is 165 Å². The first-order valence-electron chi connectivity index (χ1n) is 41.8. The number of ether oxygens (including phenoxy) is 8. The molecular formula is C84H113N17O22. The first-order chi connectivity index (χ1) is 59.4. The number of carbonyl (C=O) groups excluding carboxylic acids is 14. The first kappa shape index (κ1) is 93.6. The normalized spacial score (nSPS) is 17.2. The molecule has 4 atom stereocenters. The van der Waals surface area contributed by atoms with Crippen LogP contribution in [0.15, 0.2) is 79.0 Å². The van der Waals surface area contributed by atoms with E-state index in [1.54, 1.807) is 92.7 Å². The summed E-state index contributed by atoms with van der Waals surface area (Å²) in [7, 11) is 3.28. The molecule has 4 aromatic rings. The quantitative estimate of drug-likeness (QED) is 0.0226. The number of likely N-dealkylation sites (N-methyl/N-ethyl adjacent to an activating group) is 1. The molecule has 10 rings (SSSR count). The van der Waals surface area contributed by atoms with Gasteiger partial charge in [0.1, 0.15) is 55.4 Å². The van der Waals surface area contributed by atoms with Crippen molar-refractivity contribution in [3.05, 3.63) is 101 Å². The van der Waals surface area contributed by atoms with E-state index in [1.807, 2.05) is 6.92 Å². The fourth-order valence-corrected chi connectivity index (χ4v) is 15.0. The molecule has 123 heavy (non-hydrogen) atoms. The van der Waals surface area contributed by atoms with Crippen molar-refractivity contribution in [1.82, 2.24) is 56.2 Å². The summed E-state index contributed by atoms with van der Waals surface area (Å²) >= 11 is 0. The van der Waals surface area contributed by atoms with Gasteiger partial charge in [-0.1, -0.05) is 51.8 Å². The third-order valence-electron chi connectivity index (χ3n) is 21.7. The third-order valence-corrected chi connectivity index (χ3v) is 21.7. The largest absolute Gasteiger partial charge is 0.495 e. The van der Waals surface area contributed by atoms with Gasteiger partial charge in [-0.25, -0.2) is 14.6 Å².